The average molecular weight is 394 g/mol. The molecule has 2 N–H and O–H groups in total. The molecule has 0 atom stereocenters. The molecular weight excluding hydrogens is 378 g/mol. The van der Waals surface area contributed by atoms with Crippen LogP contribution in [0.5, 0.6) is 0 Å². The van der Waals surface area contributed by atoms with Crippen LogP contribution in [0.4, 0.5) is 0 Å². The van der Waals surface area contributed by atoms with Gasteiger partial charge >= 0.3 is 0 Å². The number of halogens is 1. The van der Waals surface area contributed by atoms with Crippen LogP contribution in [0.15, 0.2) is 46.9 Å². The third-order valence-corrected chi connectivity index (χ3v) is 5.62. The number of rotatable bonds is 6. The van der Waals surface area contributed by atoms with Crippen LogP contribution >= 0.6 is 34.7 Å². The Labute approximate surface area is 158 Å². The zero-order valence-corrected chi connectivity index (χ0v) is 15.8. The Balaban J connectivity index is 1.64. The fourth-order valence-corrected chi connectivity index (χ4v) is 3.94. The van der Waals surface area contributed by atoms with E-state index < -0.39 is 0 Å². The molecule has 0 spiro atoms. The predicted octanol–water partition coefficient (Wildman–Crippen LogP) is 3.12. The largest absolute Gasteiger partial charge is 0.340 e. The maximum Gasteiger partial charge on any atom is 0.233 e. The molecule has 0 aliphatic heterocycles. The van der Waals surface area contributed by atoms with Gasteiger partial charge in [-0.2, -0.15) is 0 Å². The van der Waals surface area contributed by atoms with Crippen molar-refractivity contribution in [2.45, 2.75) is 11.7 Å². The first-order valence-electron chi connectivity index (χ1n) is 7.41. The van der Waals surface area contributed by atoms with Gasteiger partial charge in [0, 0.05) is 17.5 Å². The van der Waals surface area contributed by atoms with Gasteiger partial charge in [0.25, 0.3) is 0 Å². The average Bonchev–Trinajstić information content (AvgIpc) is 3.23. The topological polar surface area (TPSA) is 77.0 Å². The first-order chi connectivity index (χ1) is 12.1. The summed E-state index contributed by atoms with van der Waals surface area (Å²) in [7, 11) is 1.78. The Bertz CT molecular complexity index is 865. The number of hydrogen-bond acceptors (Lipinski definition) is 6. The van der Waals surface area contributed by atoms with E-state index in [1.165, 1.54) is 16.4 Å². The van der Waals surface area contributed by atoms with Gasteiger partial charge in [0.05, 0.1) is 17.3 Å². The van der Waals surface area contributed by atoms with Crippen molar-refractivity contribution in [2.75, 3.05) is 18.6 Å². The maximum atomic E-state index is 12.3. The van der Waals surface area contributed by atoms with Crippen LogP contribution < -0.4 is 5.84 Å². The Morgan fingerprint density at radius 3 is 2.84 bits per heavy atom. The first-order valence-corrected chi connectivity index (χ1v) is 9.65. The number of nitrogen functional groups attached to an aromatic ring is 1. The van der Waals surface area contributed by atoms with Crippen molar-refractivity contribution < 1.29 is 4.79 Å². The van der Waals surface area contributed by atoms with Gasteiger partial charge in [-0.15, -0.1) is 21.5 Å². The number of hydrogen-bond donors (Lipinski definition) is 1. The Hall–Kier alpha value is -2.03. The molecule has 3 rings (SSSR count). The lowest BCUT2D eigenvalue weighted by atomic mass is 10.2. The molecule has 3 aromatic rings. The fourth-order valence-electron chi connectivity index (χ4n) is 2.16. The first kappa shape index (κ1) is 17.8. The van der Waals surface area contributed by atoms with Crippen LogP contribution in [0.2, 0.25) is 5.02 Å². The normalized spacial score (nSPS) is 10.8. The summed E-state index contributed by atoms with van der Waals surface area (Å²) in [6, 6.07) is 11.3. The second-order valence-electron chi connectivity index (χ2n) is 5.27. The molecule has 0 bridgehead atoms. The van der Waals surface area contributed by atoms with E-state index in [9.17, 15) is 4.79 Å². The van der Waals surface area contributed by atoms with Crippen molar-refractivity contribution in [1.82, 2.24) is 19.8 Å². The SMILES string of the molecule is CN(Cc1cccs1)C(=O)CSc1nnc(-c2ccccc2Cl)n1N. The monoisotopic (exact) mass is 393 g/mol. The van der Waals surface area contributed by atoms with Crippen LogP contribution in [0.25, 0.3) is 11.4 Å². The summed E-state index contributed by atoms with van der Waals surface area (Å²) in [6.07, 6.45) is 0. The molecule has 1 amide bonds. The number of benzene rings is 1. The molecule has 0 aliphatic carbocycles. The van der Waals surface area contributed by atoms with Gasteiger partial charge in [-0.25, -0.2) is 4.68 Å². The van der Waals surface area contributed by atoms with E-state index >= 15 is 0 Å². The Morgan fingerprint density at radius 1 is 1.32 bits per heavy atom. The molecule has 0 radical (unpaired) electrons. The molecule has 0 saturated heterocycles. The zero-order valence-electron chi connectivity index (χ0n) is 13.4. The van der Waals surface area contributed by atoms with E-state index in [0.717, 1.165) is 4.88 Å². The number of thiophene rings is 1. The number of carbonyl (C=O) groups excluding carboxylic acids is 1. The summed E-state index contributed by atoms with van der Waals surface area (Å²) in [5.74, 6) is 6.77. The summed E-state index contributed by atoms with van der Waals surface area (Å²) in [5.41, 5.74) is 0.701. The highest BCUT2D eigenvalue weighted by molar-refractivity contribution is 7.99. The lowest BCUT2D eigenvalue weighted by molar-refractivity contribution is -0.127. The van der Waals surface area contributed by atoms with Crippen LogP contribution in [-0.2, 0) is 11.3 Å². The molecular formula is C16H16ClN5OS2. The number of thioether (sulfide) groups is 1. The Morgan fingerprint density at radius 2 is 2.12 bits per heavy atom. The van der Waals surface area contributed by atoms with Crippen LogP contribution in [0, 0.1) is 0 Å². The molecule has 25 heavy (non-hydrogen) atoms. The molecule has 0 saturated carbocycles. The minimum absolute atomic E-state index is 0.000642. The van der Waals surface area contributed by atoms with Crippen molar-refractivity contribution in [3.05, 3.63) is 51.7 Å². The highest BCUT2D eigenvalue weighted by Gasteiger charge is 2.17. The lowest BCUT2D eigenvalue weighted by Gasteiger charge is -2.15. The van der Waals surface area contributed by atoms with Gasteiger partial charge in [-0.3, -0.25) is 4.79 Å². The van der Waals surface area contributed by atoms with Crippen molar-refractivity contribution in [3.63, 3.8) is 0 Å². The van der Waals surface area contributed by atoms with Gasteiger partial charge in [0.1, 0.15) is 0 Å². The van der Waals surface area contributed by atoms with Crippen LogP contribution in [0.3, 0.4) is 0 Å². The van der Waals surface area contributed by atoms with E-state index in [1.54, 1.807) is 29.4 Å². The van der Waals surface area contributed by atoms with Gasteiger partial charge in [0.15, 0.2) is 5.82 Å². The highest BCUT2D eigenvalue weighted by atomic mass is 35.5. The smallest absolute Gasteiger partial charge is 0.233 e. The minimum Gasteiger partial charge on any atom is -0.340 e. The quantitative estimate of drug-likeness (QED) is 0.514. The second kappa shape index (κ2) is 7.90. The third kappa shape index (κ3) is 4.15. The van der Waals surface area contributed by atoms with E-state index in [0.29, 0.717) is 28.1 Å². The summed E-state index contributed by atoms with van der Waals surface area (Å²) in [5, 5.41) is 11.2. The third-order valence-electron chi connectivity index (χ3n) is 3.50. The Kier molecular flexibility index (Phi) is 5.62. The maximum absolute atomic E-state index is 12.3. The van der Waals surface area contributed by atoms with Gasteiger partial charge in [-0.1, -0.05) is 41.6 Å². The lowest BCUT2D eigenvalue weighted by Crippen LogP contribution is -2.27. The van der Waals surface area contributed by atoms with Crippen molar-refractivity contribution in [2.24, 2.45) is 0 Å². The van der Waals surface area contributed by atoms with Crippen molar-refractivity contribution in [3.8, 4) is 11.4 Å². The van der Waals surface area contributed by atoms with Crippen LogP contribution in [-0.4, -0.2) is 38.5 Å². The molecule has 9 heteroatoms. The summed E-state index contributed by atoms with van der Waals surface area (Å²) in [4.78, 5) is 15.1. The number of nitrogens with zero attached hydrogens (tertiary/aromatic N) is 4. The molecule has 0 unspecified atom stereocenters. The van der Waals surface area contributed by atoms with Gasteiger partial charge in [0.2, 0.25) is 11.1 Å². The summed E-state index contributed by atoms with van der Waals surface area (Å²) >= 11 is 9.05. The van der Waals surface area contributed by atoms with E-state index in [2.05, 4.69) is 10.2 Å². The molecule has 2 aromatic heterocycles. The zero-order chi connectivity index (χ0) is 17.8. The number of nitrogens with two attached hydrogens (primary N) is 1. The van der Waals surface area contributed by atoms with E-state index in [-0.39, 0.29) is 11.7 Å². The summed E-state index contributed by atoms with van der Waals surface area (Å²) < 4.78 is 1.36. The molecule has 130 valence electrons. The van der Waals surface area contributed by atoms with Gasteiger partial charge < -0.3 is 10.7 Å². The van der Waals surface area contributed by atoms with E-state index in [4.69, 9.17) is 17.4 Å². The number of carbonyl (C=O) groups is 1. The molecule has 2 heterocycles. The van der Waals surface area contributed by atoms with Gasteiger partial charge in [-0.05, 0) is 23.6 Å². The predicted molar refractivity (Wildman–Crippen MR) is 102 cm³/mol. The standard InChI is InChI=1S/C16H16ClN5OS2/c1-21(9-11-5-4-8-24-11)14(23)10-25-16-20-19-15(22(16)18)12-6-2-3-7-13(12)17/h2-8H,9-10,18H2,1H3. The number of amides is 1. The molecule has 6 nitrogen and oxygen atoms in total. The molecule has 1 aromatic carbocycles. The van der Waals surface area contributed by atoms with Crippen molar-refractivity contribution in [1.29, 1.82) is 0 Å². The highest BCUT2D eigenvalue weighted by Crippen LogP contribution is 2.27. The van der Waals surface area contributed by atoms with Crippen molar-refractivity contribution >= 4 is 40.6 Å². The molecule has 0 aliphatic rings. The number of aromatic nitrogens is 3. The van der Waals surface area contributed by atoms with Crippen LogP contribution in [0.1, 0.15) is 4.88 Å². The molecule has 0 fully saturated rings. The van der Waals surface area contributed by atoms with E-state index in [1.807, 2.05) is 35.7 Å². The summed E-state index contributed by atoms with van der Waals surface area (Å²) in [6.45, 7) is 0.594. The fraction of sp³-hybridized carbons (Fsp3) is 0.188. The second-order valence-corrected chi connectivity index (χ2v) is 7.66. The minimum atomic E-state index is 0.000642.